The van der Waals surface area contributed by atoms with E-state index in [1.54, 1.807) is 4.68 Å². The summed E-state index contributed by atoms with van der Waals surface area (Å²) >= 11 is 0. The van der Waals surface area contributed by atoms with Gasteiger partial charge in [-0.25, -0.2) is 4.68 Å². The van der Waals surface area contributed by atoms with Gasteiger partial charge >= 0.3 is 0 Å². The Balaban J connectivity index is 2.76. The van der Waals surface area contributed by atoms with E-state index in [1.165, 1.54) is 0 Å². The van der Waals surface area contributed by atoms with Gasteiger partial charge in [0.15, 0.2) is 0 Å². The van der Waals surface area contributed by atoms with E-state index >= 15 is 0 Å². The molecule has 1 aromatic carbocycles. The highest BCUT2D eigenvalue weighted by atomic mass is 16.1. The van der Waals surface area contributed by atoms with E-state index < -0.39 is 0 Å². The molecule has 0 bridgehead atoms. The molecule has 0 N–H and O–H groups in total. The highest BCUT2D eigenvalue weighted by Crippen LogP contribution is 2.16. The van der Waals surface area contributed by atoms with Gasteiger partial charge in [-0.1, -0.05) is 18.2 Å². The smallest absolute Gasteiger partial charge is 0.295 e. The lowest BCUT2D eigenvalue weighted by atomic mass is 10.3. The summed E-state index contributed by atoms with van der Waals surface area (Å²) in [6.45, 7) is 4.80. The second-order valence-corrected chi connectivity index (χ2v) is 4.50. The Morgan fingerprint density at radius 2 is 1.78 bits per heavy atom. The van der Waals surface area contributed by atoms with Crippen molar-refractivity contribution in [1.29, 1.82) is 0 Å². The number of nitrogens with zero attached hydrogens (tertiary/aromatic N) is 3. The molecule has 96 valence electrons. The molecule has 4 heteroatoms. The van der Waals surface area contributed by atoms with Crippen LogP contribution in [0.3, 0.4) is 0 Å². The molecule has 0 unspecified atom stereocenters. The average molecular weight is 245 g/mol. The maximum Gasteiger partial charge on any atom is 0.295 e. The second-order valence-electron chi connectivity index (χ2n) is 4.50. The highest BCUT2D eigenvalue weighted by molar-refractivity contribution is 5.50. The summed E-state index contributed by atoms with van der Waals surface area (Å²) < 4.78 is 3.75. The molecule has 0 saturated heterocycles. The van der Waals surface area contributed by atoms with Crippen molar-refractivity contribution in [1.82, 2.24) is 9.36 Å². The summed E-state index contributed by atoms with van der Waals surface area (Å²) in [4.78, 5) is 14.4. The van der Waals surface area contributed by atoms with Crippen molar-refractivity contribution in [2.24, 2.45) is 0 Å². The minimum atomic E-state index is 0.0329. The van der Waals surface area contributed by atoms with Crippen molar-refractivity contribution < 1.29 is 0 Å². The largest absolute Gasteiger partial charge is 0.372 e. The van der Waals surface area contributed by atoms with E-state index in [4.69, 9.17) is 0 Å². The molecular formula is C14H19N3O. The number of para-hydroxylation sites is 1. The first kappa shape index (κ1) is 12.5. The van der Waals surface area contributed by atoms with E-state index in [0.717, 1.165) is 23.6 Å². The van der Waals surface area contributed by atoms with Crippen LogP contribution in [-0.4, -0.2) is 23.5 Å². The van der Waals surface area contributed by atoms with Gasteiger partial charge in [-0.05, 0) is 26.0 Å². The van der Waals surface area contributed by atoms with E-state index in [-0.39, 0.29) is 5.56 Å². The first-order valence-electron chi connectivity index (χ1n) is 6.13. The second kappa shape index (κ2) is 4.72. The van der Waals surface area contributed by atoms with Crippen LogP contribution in [0.25, 0.3) is 5.69 Å². The third-order valence-corrected chi connectivity index (χ3v) is 3.11. The quantitative estimate of drug-likeness (QED) is 0.828. The number of benzene rings is 1. The van der Waals surface area contributed by atoms with Gasteiger partial charge in [0.2, 0.25) is 0 Å². The predicted octanol–water partition coefficient (Wildman–Crippen LogP) is 2.03. The van der Waals surface area contributed by atoms with Crippen LogP contribution in [0, 0.1) is 6.92 Å². The monoisotopic (exact) mass is 245 g/mol. The molecule has 1 heterocycles. The molecule has 0 saturated carbocycles. The fraction of sp³-hybridized carbons (Fsp3) is 0.357. The Morgan fingerprint density at radius 3 is 2.28 bits per heavy atom. The summed E-state index contributed by atoms with van der Waals surface area (Å²) in [5.74, 6) is 0. The minimum absolute atomic E-state index is 0.0329. The Labute approximate surface area is 107 Å². The van der Waals surface area contributed by atoms with Crippen LogP contribution in [0.2, 0.25) is 0 Å². The van der Waals surface area contributed by atoms with Gasteiger partial charge in [0.05, 0.1) is 11.4 Å². The van der Waals surface area contributed by atoms with E-state index in [1.807, 2.05) is 67.9 Å². The van der Waals surface area contributed by atoms with Gasteiger partial charge in [0.25, 0.3) is 5.56 Å². The van der Waals surface area contributed by atoms with Crippen molar-refractivity contribution in [2.75, 3.05) is 19.0 Å². The Morgan fingerprint density at radius 1 is 1.17 bits per heavy atom. The van der Waals surface area contributed by atoms with Crippen LogP contribution in [0.1, 0.15) is 12.6 Å². The standard InChI is InChI=1S/C14H19N3O/c1-5-16-11(2)13(15(3)4)14(18)17(16)12-9-7-6-8-10-12/h6-10H,5H2,1-4H3. The summed E-state index contributed by atoms with van der Waals surface area (Å²) in [5.41, 5.74) is 2.68. The third kappa shape index (κ3) is 1.83. The van der Waals surface area contributed by atoms with E-state index in [0.29, 0.717) is 0 Å². The normalized spacial score (nSPS) is 10.7. The molecule has 0 aliphatic carbocycles. The van der Waals surface area contributed by atoms with Crippen LogP contribution < -0.4 is 10.5 Å². The molecule has 0 fully saturated rings. The number of hydrogen-bond donors (Lipinski definition) is 0. The molecule has 4 nitrogen and oxygen atoms in total. The molecule has 1 aromatic heterocycles. The molecule has 0 aliphatic heterocycles. The van der Waals surface area contributed by atoms with Gasteiger partial charge in [0.1, 0.15) is 5.69 Å². The number of aromatic nitrogens is 2. The van der Waals surface area contributed by atoms with Crippen LogP contribution in [0.15, 0.2) is 35.1 Å². The van der Waals surface area contributed by atoms with E-state index in [9.17, 15) is 4.79 Å². The summed E-state index contributed by atoms with van der Waals surface area (Å²) in [6, 6.07) is 9.74. The van der Waals surface area contributed by atoms with Crippen molar-refractivity contribution in [3.8, 4) is 5.69 Å². The van der Waals surface area contributed by atoms with Crippen LogP contribution >= 0.6 is 0 Å². The molecule has 0 spiro atoms. The highest BCUT2D eigenvalue weighted by Gasteiger charge is 2.18. The van der Waals surface area contributed by atoms with Gasteiger partial charge in [-0.15, -0.1) is 0 Å². The topological polar surface area (TPSA) is 30.2 Å². The Hall–Kier alpha value is -1.97. The summed E-state index contributed by atoms with van der Waals surface area (Å²) in [5, 5.41) is 0. The van der Waals surface area contributed by atoms with Crippen LogP contribution in [-0.2, 0) is 6.54 Å². The lowest BCUT2D eigenvalue weighted by Gasteiger charge is -2.11. The minimum Gasteiger partial charge on any atom is -0.372 e. The van der Waals surface area contributed by atoms with Gasteiger partial charge in [-0.3, -0.25) is 9.48 Å². The fourth-order valence-electron chi connectivity index (χ4n) is 2.36. The first-order valence-corrected chi connectivity index (χ1v) is 6.13. The summed E-state index contributed by atoms with van der Waals surface area (Å²) in [6.07, 6.45) is 0. The number of anilines is 1. The lowest BCUT2D eigenvalue weighted by molar-refractivity contribution is 0.559. The molecule has 0 amide bonds. The molecule has 0 radical (unpaired) electrons. The zero-order valence-electron chi connectivity index (χ0n) is 11.3. The fourth-order valence-corrected chi connectivity index (χ4v) is 2.36. The molecule has 0 atom stereocenters. The van der Waals surface area contributed by atoms with Crippen molar-refractivity contribution in [2.45, 2.75) is 20.4 Å². The zero-order valence-corrected chi connectivity index (χ0v) is 11.3. The van der Waals surface area contributed by atoms with Crippen molar-refractivity contribution >= 4 is 5.69 Å². The van der Waals surface area contributed by atoms with Crippen LogP contribution in [0.5, 0.6) is 0 Å². The lowest BCUT2D eigenvalue weighted by Crippen LogP contribution is -2.24. The molecule has 0 aliphatic rings. The SMILES string of the molecule is CCn1c(C)c(N(C)C)c(=O)n1-c1ccccc1. The van der Waals surface area contributed by atoms with E-state index in [2.05, 4.69) is 0 Å². The first-order chi connectivity index (χ1) is 8.57. The van der Waals surface area contributed by atoms with Crippen molar-refractivity contribution in [3.05, 3.63) is 46.4 Å². The molecular weight excluding hydrogens is 226 g/mol. The molecule has 2 aromatic rings. The van der Waals surface area contributed by atoms with Crippen LogP contribution in [0.4, 0.5) is 5.69 Å². The summed E-state index contributed by atoms with van der Waals surface area (Å²) in [7, 11) is 3.80. The maximum absolute atomic E-state index is 12.5. The van der Waals surface area contributed by atoms with Gasteiger partial charge in [-0.2, -0.15) is 0 Å². The Bertz CT molecular complexity index is 593. The van der Waals surface area contributed by atoms with Gasteiger partial charge < -0.3 is 4.90 Å². The number of hydrogen-bond acceptors (Lipinski definition) is 2. The van der Waals surface area contributed by atoms with Gasteiger partial charge in [0, 0.05) is 20.6 Å². The maximum atomic E-state index is 12.5. The Kier molecular flexibility index (Phi) is 3.28. The third-order valence-electron chi connectivity index (χ3n) is 3.11. The zero-order chi connectivity index (χ0) is 13.3. The molecule has 18 heavy (non-hydrogen) atoms. The van der Waals surface area contributed by atoms with Crippen molar-refractivity contribution in [3.63, 3.8) is 0 Å². The number of rotatable bonds is 3. The average Bonchev–Trinajstić information content (AvgIpc) is 2.61. The molecule has 2 rings (SSSR count). The predicted molar refractivity (Wildman–Crippen MR) is 74.8 cm³/mol.